The molecule has 0 spiro atoms. The van der Waals surface area contributed by atoms with Gasteiger partial charge in [0.25, 0.3) is 5.91 Å². The Morgan fingerprint density at radius 3 is 1.75 bits per heavy atom. The maximum Gasteiger partial charge on any atom is 0.253 e. The first-order valence-electron chi connectivity index (χ1n) is 9.26. The number of rotatable bonds is 6. The van der Waals surface area contributed by atoms with Crippen LogP contribution >= 0.6 is 0 Å². The molecule has 0 radical (unpaired) electrons. The molecule has 0 bridgehead atoms. The molecule has 0 heterocycles. The van der Waals surface area contributed by atoms with E-state index < -0.39 is 0 Å². The van der Waals surface area contributed by atoms with Gasteiger partial charge in [0.05, 0.1) is 0 Å². The molecule has 3 aromatic rings. The van der Waals surface area contributed by atoms with Crippen LogP contribution in [0.1, 0.15) is 33.8 Å². The summed E-state index contributed by atoms with van der Waals surface area (Å²) in [7, 11) is 3.43. The fraction of sp³-hybridized carbons (Fsp3) is 0.167. The number of nitrogens with one attached hydrogen (secondary N) is 1. The van der Waals surface area contributed by atoms with Crippen LogP contribution in [0, 0.1) is 0 Å². The Balaban J connectivity index is 1.73. The Bertz CT molecular complexity index is 880. The molecule has 0 saturated carbocycles. The Labute approximate surface area is 165 Å². The number of nitrogens with zero attached hydrogens (tertiary/aromatic N) is 1. The van der Waals surface area contributed by atoms with Crippen LogP contribution < -0.4 is 5.32 Å². The van der Waals surface area contributed by atoms with Gasteiger partial charge in [-0.1, -0.05) is 60.7 Å². The summed E-state index contributed by atoms with van der Waals surface area (Å²) in [5.74, 6) is -0.146. The van der Waals surface area contributed by atoms with Gasteiger partial charge in [0, 0.05) is 37.7 Å². The standard InChI is InChI=1S/C24H24N2O2/c1-26(2)24(28)20-13-15-21(16-14-20)25-23(27)17-22(18-9-5-3-6-10-18)19-11-7-4-8-12-19/h3-16,22H,17H2,1-2H3,(H,25,27). The molecule has 4 nitrogen and oxygen atoms in total. The highest BCUT2D eigenvalue weighted by molar-refractivity contribution is 5.95. The van der Waals surface area contributed by atoms with Crippen molar-refractivity contribution in [2.45, 2.75) is 12.3 Å². The lowest BCUT2D eigenvalue weighted by Gasteiger charge is -2.18. The van der Waals surface area contributed by atoms with E-state index in [4.69, 9.17) is 0 Å². The quantitative estimate of drug-likeness (QED) is 0.690. The van der Waals surface area contributed by atoms with Gasteiger partial charge in [-0.05, 0) is 35.4 Å². The smallest absolute Gasteiger partial charge is 0.253 e. The van der Waals surface area contributed by atoms with E-state index in [2.05, 4.69) is 5.32 Å². The minimum absolute atomic E-state index is 0.0167. The Kier molecular flexibility index (Phi) is 6.22. The number of benzene rings is 3. The average Bonchev–Trinajstić information content (AvgIpc) is 2.73. The monoisotopic (exact) mass is 372 g/mol. The molecule has 2 amide bonds. The summed E-state index contributed by atoms with van der Waals surface area (Å²) in [5.41, 5.74) is 3.49. The lowest BCUT2D eigenvalue weighted by atomic mass is 9.88. The molecule has 0 aromatic heterocycles. The van der Waals surface area contributed by atoms with E-state index in [1.54, 1.807) is 38.4 Å². The molecule has 0 aliphatic heterocycles. The highest BCUT2D eigenvalue weighted by atomic mass is 16.2. The largest absolute Gasteiger partial charge is 0.345 e. The normalized spacial score (nSPS) is 10.5. The summed E-state index contributed by atoms with van der Waals surface area (Å²) in [6.45, 7) is 0. The molecule has 0 fully saturated rings. The third-order valence-corrected chi connectivity index (χ3v) is 4.62. The SMILES string of the molecule is CN(C)C(=O)c1ccc(NC(=O)CC(c2ccccc2)c2ccccc2)cc1. The minimum Gasteiger partial charge on any atom is -0.345 e. The lowest BCUT2D eigenvalue weighted by Crippen LogP contribution is -2.21. The van der Waals surface area contributed by atoms with Gasteiger partial charge in [0.1, 0.15) is 0 Å². The topological polar surface area (TPSA) is 49.4 Å². The van der Waals surface area contributed by atoms with Crippen LogP contribution in [0.25, 0.3) is 0 Å². The summed E-state index contributed by atoms with van der Waals surface area (Å²) in [4.78, 5) is 26.2. The van der Waals surface area contributed by atoms with Crippen LogP contribution in [0.5, 0.6) is 0 Å². The van der Waals surface area contributed by atoms with E-state index in [1.165, 1.54) is 4.90 Å². The molecule has 0 aliphatic carbocycles. The van der Waals surface area contributed by atoms with Crippen molar-refractivity contribution in [1.82, 2.24) is 4.90 Å². The Hall–Kier alpha value is -3.40. The fourth-order valence-electron chi connectivity index (χ4n) is 3.15. The van der Waals surface area contributed by atoms with Gasteiger partial charge in [0.15, 0.2) is 0 Å². The van der Waals surface area contributed by atoms with Crippen LogP contribution in [-0.2, 0) is 4.79 Å². The van der Waals surface area contributed by atoms with Crippen molar-refractivity contribution in [1.29, 1.82) is 0 Å². The van der Waals surface area contributed by atoms with E-state index >= 15 is 0 Å². The fourth-order valence-corrected chi connectivity index (χ4v) is 3.15. The van der Waals surface area contributed by atoms with Crippen LogP contribution in [0.2, 0.25) is 0 Å². The van der Waals surface area contributed by atoms with Crippen molar-refractivity contribution in [3.05, 3.63) is 102 Å². The van der Waals surface area contributed by atoms with Crippen LogP contribution in [0.3, 0.4) is 0 Å². The summed E-state index contributed by atoms with van der Waals surface area (Å²) in [6.07, 6.45) is 0.340. The minimum atomic E-state index is -0.0654. The molecule has 4 heteroatoms. The predicted octanol–water partition coefficient (Wildman–Crippen LogP) is 4.55. The van der Waals surface area contributed by atoms with E-state index in [-0.39, 0.29) is 17.7 Å². The average molecular weight is 372 g/mol. The Morgan fingerprint density at radius 2 is 1.29 bits per heavy atom. The molecule has 0 aliphatic rings. The zero-order chi connectivity index (χ0) is 19.9. The van der Waals surface area contributed by atoms with Gasteiger partial charge in [-0.2, -0.15) is 0 Å². The predicted molar refractivity (Wildman–Crippen MR) is 112 cm³/mol. The van der Waals surface area contributed by atoms with E-state index in [9.17, 15) is 9.59 Å². The molecule has 1 N–H and O–H groups in total. The van der Waals surface area contributed by atoms with Crippen molar-refractivity contribution in [2.75, 3.05) is 19.4 Å². The molecule has 142 valence electrons. The lowest BCUT2D eigenvalue weighted by molar-refractivity contribution is -0.116. The third-order valence-electron chi connectivity index (χ3n) is 4.62. The first-order valence-corrected chi connectivity index (χ1v) is 9.26. The number of anilines is 1. The second-order valence-corrected chi connectivity index (χ2v) is 6.90. The highest BCUT2D eigenvalue weighted by Crippen LogP contribution is 2.28. The maximum atomic E-state index is 12.7. The molecular formula is C24H24N2O2. The van der Waals surface area contributed by atoms with Gasteiger partial charge in [-0.3, -0.25) is 9.59 Å². The molecular weight excluding hydrogens is 348 g/mol. The van der Waals surface area contributed by atoms with E-state index in [0.29, 0.717) is 17.7 Å². The second kappa shape index (κ2) is 9.00. The first kappa shape index (κ1) is 19.4. The van der Waals surface area contributed by atoms with Gasteiger partial charge < -0.3 is 10.2 Å². The van der Waals surface area contributed by atoms with Crippen molar-refractivity contribution < 1.29 is 9.59 Å². The number of amides is 2. The zero-order valence-electron chi connectivity index (χ0n) is 16.1. The third kappa shape index (κ3) is 4.86. The Morgan fingerprint density at radius 1 is 0.786 bits per heavy atom. The maximum absolute atomic E-state index is 12.7. The second-order valence-electron chi connectivity index (χ2n) is 6.90. The van der Waals surface area contributed by atoms with Crippen molar-refractivity contribution in [2.24, 2.45) is 0 Å². The zero-order valence-corrected chi connectivity index (χ0v) is 16.1. The van der Waals surface area contributed by atoms with Crippen LogP contribution in [0.15, 0.2) is 84.9 Å². The molecule has 0 unspecified atom stereocenters. The highest BCUT2D eigenvalue weighted by Gasteiger charge is 2.18. The molecule has 3 rings (SSSR count). The molecule has 3 aromatic carbocycles. The number of hydrogen-bond acceptors (Lipinski definition) is 2. The van der Waals surface area contributed by atoms with Crippen LogP contribution in [-0.4, -0.2) is 30.8 Å². The summed E-state index contributed by atoms with van der Waals surface area (Å²) in [6, 6.07) is 27.1. The number of carbonyl (C=O) groups excluding carboxylic acids is 2. The summed E-state index contributed by atoms with van der Waals surface area (Å²) >= 11 is 0. The first-order chi connectivity index (χ1) is 13.5. The van der Waals surface area contributed by atoms with Crippen molar-refractivity contribution in [3.8, 4) is 0 Å². The van der Waals surface area contributed by atoms with Crippen molar-refractivity contribution in [3.63, 3.8) is 0 Å². The van der Waals surface area contributed by atoms with Crippen LogP contribution in [0.4, 0.5) is 5.69 Å². The van der Waals surface area contributed by atoms with Gasteiger partial charge in [0.2, 0.25) is 5.91 Å². The van der Waals surface area contributed by atoms with Gasteiger partial charge >= 0.3 is 0 Å². The van der Waals surface area contributed by atoms with E-state index in [1.807, 2.05) is 60.7 Å². The number of hydrogen-bond donors (Lipinski definition) is 1. The summed E-state index contributed by atoms with van der Waals surface area (Å²) in [5, 5.41) is 2.94. The van der Waals surface area contributed by atoms with Crippen molar-refractivity contribution >= 4 is 17.5 Å². The van der Waals surface area contributed by atoms with E-state index in [0.717, 1.165) is 11.1 Å². The molecule has 28 heavy (non-hydrogen) atoms. The molecule has 0 saturated heterocycles. The number of carbonyl (C=O) groups is 2. The molecule has 0 atom stereocenters. The summed E-state index contributed by atoms with van der Waals surface area (Å²) < 4.78 is 0. The van der Waals surface area contributed by atoms with Gasteiger partial charge in [-0.25, -0.2) is 0 Å². The van der Waals surface area contributed by atoms with Gasteiger partial charge in [-0.15, -0.1) is 0 Å².